The van der Waals surface area contributed by atoms with Crippen LogP contribution in [0.5, 0.6) is 0 Å². The first-order valence-electron chi connectivity index (χ1n) is 6.28. The van der Waals surface area contributed by atoms with Gasteiger partial charge in [-0.15, -0.1) is 0 Å². The molecule has 0 spiro atoms. The maximum Gasteiger partial charge on any atom is 0.322 e. The summed E-state index contributed by atoms with van der Waals surface area (Å²) in [5.74, 6) is 0.613. The van der Waals surface area contributed by atoms with E-state index >= 15 is 0 Å². The topological polar surface area (TPSA) is 44.4 Å². The second kappa shape index (κ2) is 4.78. The van der Waals surface area contributed by atoms with E-state index in [2.05, 4.69) is 10.6 Å². The van der Waals surface area contributed by atoms with Gasteiger partial charge in [0.05, 0.1) is 10.7 Å². The zero-order chi connectivity index (χ0) is 12.5. The highest BCUT2D eigenvalue weighted by Crippen LogP contribution is 2.28. The van der Waals surface area contributed by atoms with Crippen LogP contribution < -0.4 is 10.6 Å². The second-order valence-corrected chi connectivity index (χ2v) is 5.28. The summed E-state index contributed by atoms with van der Waals surface area (Å²) in [6.07, 6.45) is 1.09. The number of fused-ring (bicyclic) bond motifs is 1. The van der Waals surface area contributed by atoms with Gasteiger partial charge in [-0.25, -0.2) is 4.79 Å². The van der Waals surface area contributed by atoms with Gasteiger partial charge in [0.15, 0.2) is 0 Å². The van der Waals surface area contributed by atoms with Crippen molar-refractivity contribution in [2.75, 3.05) is 25.0 Å². The van der Waals surface area contributed by atoms with Gasteiger partial charge in [-0.1, -0.05) is 23.7 Å². The van der Waals surface area contributed by atoms with Crippen molar-refractivity contribution in [3.63, 3.8) is 0 Å². The number of nitrogens with zero attached hydrogens (tertiary/aromatic N) is 1. The lowest BCUT2D eigenvalue weighted by Crippen LogP contribution is -2.41. The number of amides is 2. The molecule has 1 aromatic rings. The van der Waals surface area contributed by atoms with Gasteiger partial charge in [-0.3, -0.25) is 0 Å². The monoisotopic (exact) mass is 265 g/mol. The average molecular weight is 266 g/mol. The van der Waals surface area contributed by atoms with E-state index in [4.69, 9.17) is 11.6 Å². The van der Waals surface area contributed by atoms with Crippen LogP contribution >= 0.6 is 11.6 Å². The van der Waals surface area contributed by atoms with Gasteiger partial charge in [0.2, 0.25) is 0 Å². The Balaban J connectivity index is 1.70. The first kappa shape index (κ1) is 11.8. The van der Waals surface area contributed by atoms with Crippen molar-refractivity contribution in [3.8, 4) is 0 Å². The van der Waals surface area contributed by atoms with Gasteiger partial charge in [0, 0.05) is 25.7 Å². The lowest BCUT2D eigenvalue weighted by Gasteiger charge is -2.23. The molecule has 2 atom stereocenters. The molecule has 2 heterocycles. The fourth-order valence-electron chi connectivity index (χ4n) is 2.85. The minimum absolute atomic E-state index is 0.0423. The third-order valence-corrected chi connectivity index (χ3v) is 4.15. The molecular weight excluding hydrogens is 250 g/mol. The van der Waals surface area contributed by atoms with Crippen LogP contribution in [-0.4, -0.2) is 36.6 Å². The van der Waals surface area contributed by atoms with E-state index in [-0.39, 0.29) is 6.03 Å². The highest BCUT2D eigenvalue weighted by Gasteiger charge is 2.39. The predicted octanol–water partition coefficient (Wildman–Crippen LogP) is 2.17. The molecule has 2 fully saturated rings. The number of nitrogens with one attached hydrogen (secondary N) is 2. The summed E-state index contributed by atoms with van der Waals surface area (Å²) < 4.78 is 0. The summed E-state index contributed by atoms with van der Waals surface area (Å²) in [6.45, 7) is 2.77. The molecule has 2 aliphatic rings. The molecule has 3 rings (SSSR count). The Hall–Kier alpha value is -1.26. The van der Waals surface area contributed by atoms with Crippen molar-refractivity contribution in [3.05, 3.63) is 29.3 Å². The van der Waals surface area contributed by atoms with Gasteiger partial charge in [0.25, 0.3) is 0 Å². The number of para-hydroxylation sites is 1. The minimum atomic E-state index is -0.0423. The number of carbonyl (C=O) groups excluding carboxylic acids is 1. The van der Waals surface area contributed by atoms with Crippen LogP contribution in [0.15, 0.2) is 24.3 Å². The first-order chi connectivity index (χ1) is 8.75. The predicted molar refractivity (Wildman–Crippen MR) is 71.9 cm³/mol. The summed E-state index contributed by atoms with van der Waals surface area (Å²) in [6, 6.07) is 7.62. The zero-order valence-electron chi connectivity index (χ0n) is 10.0. The maximum atomic E-state index is 12.2. The van der Waals surface area contributed by atoms with Crippen LogP contribution in [0.1, 0.15) is 6.42 Å². The standard InChI is InChI=1S/C13H16ClN3O/c14-10-3-1-2-4-11(10)16-13(18)17-6-5-9-7-15-8-12(9)17/h1-4,9,12,15H,5-8H2,(H,16,18)/t9-,12+/m0/s1. The molecule has 1 aromatic carbocycles. The average Bonchev–Trinajstić information content (AvgIpc) is 2.93. The van der Waals surface area contributed by atoms with E-state index in [0.717, 1.165) is 26.1 Å². The number of hydrogen-bond acceptors (Lipinski definition) is 2. The van der Waals surface area contributed by atoms with Gasteiger partial charge in [0.1, 0.15) is 0 Å². The Morgan fingerprint density at radius 1 is 1.39 bits per heavy atom. The quantitative estimate of drug-likeness (QED) is 0.817. The van der Waals surface area contributed by atoms with Crippen molar-refractivity contribution in [1.29, 1.82) is 0 Å². The fraction of sp³-hybridized carbons (Fsp3) is 0.462. The van der Waals surface area contributed by atoms with Crippen LogP contribution in [0.25, 0.3) is 0 Å². The van der Waals surface area contributed by atoms with E-state index in [0.29, 0.717) is 22.7 Å². The van der Waals surface area contributed by atoms with Crippen LogP contribution in [0, 0.1) is 5.92 Å². The molecule has 2 saturated heterocycles. The Morgan fingerprint density at radius 3 is 3.06 bits per heavy atom. The molecule has 0 aromatic heterocycles. The van der Waals surface area contributed by atoms with Crippen LogP contribution in [0.3, 0.4) is 0 Å². The highest BCUT2D eigenvalue weighted by molar-refractivity contribution is 6.33. The smallest absolute Gasteiger partial charge is 0.320 e. The molecule has 4 nitrogen and oxygen atoms in total. The molecule has 2 aliphatic heterocycles. The molecule has 5 heteroatoms. The molecular formula is C13H16ClN3O. The van der Waals surface area contributed by atoms with Crippen LogP contribution in [0.2, 0.25) is 5.02 Å². The Labute approximate surface area is 111 Å². The Morgan fingerprint density at radius 2 is 2.22 bits per heavy atom. The van der Waals surface area contributed by atoms with Crippen molar-refractivity contribution in [2.24, 2.45) is 5.92 Å². The number of rotatable bonds is 1. The Bertz CT molecular complexity index is 465. The normalized spacial score (nSPS) is 26.2. The van der Waals surface area contributed by atoms with Gasteiger partial charge in [-0.05, 0) is 24.5 Å². The van der Waals surface area contributed by atoms with E-state index in [1.54, 1.807) is 6.07 Å². The third-order valence-electron chi connectivity index (χ3n) is 3.82. The molecule has 2 amide bonds. The van der Waals surface area contributed by atoms with E-state index < -0.39 is 0 Å². The fourth-order valence-corrected chi connectivity index (χ4v) is 3.03. The molecule has 0 radical (unpaired) electrons. The Kier molecular flexibility index (Phi) is 3.14. The zero-order valence-corrected chi connectivity index (χ0v) is 10.8. The lowest BCUT2D eigenvalue weighted by molar-refractivity contribution is 0.206. The summed E-state index contributed by atoms with van der Waals surface area (Å²) in [5.41, 5.74) is 0.679. The van der Waals surface area contributed by atoms with E-state index in [9.17, 15) is 4.79 Å². The molecule has 0 aliphatic carbocycles. The van der Waals surface area contributed by atoms with Gasteiger partial charge >= 0.3 is 6.03 Å². The number of anilines is 1. The van der Waals surface area contributed by atoms with Crippen LogP contribution in [0.4, 0.5) is 10.5 Å². The summed E-state index contributed by atoms with van der Waals surface area (Å²) >= 11 is 6.04. The SMILES string of the molecule is O=C(Nc1ccccc1Cl)N1CC[C@H]2CNC[C@H]21. The van der Waals surface area contributed by atoms with Crippen molar-refractivity contribution >= 4 is 23.3 Å². The maximum absolute atomic E-state index is 12.2. The first-order valence-corrected chi connectivity index (χ1v) is 6.66. The molecule has 0 unspecified atom stereocenters. The van der Waals surface area contributed by atoms with Gasteiger partial charge < -0.3 is 15.5 Å². The van der Waals surface area contributed by atoms with Gasteiger partial charge in [-0.2, -0.15) is 0 Å². The summed E-state index contributed by atoms with van der Waals surface area (Å²) in [7, 11) is 0. The minimum Gasteiger partial charge on any atom is -0.320 e. The second-order valence-electron chi connectivity index (χ2n) is 4.88. The number of urea groups is 1. The summed E-state index contributed by atoms with van der Waals surface area (Å²) in [5, 5.41) is 6.80. The van der Waals surface area contributed by atoms with Crippen molar-refractivity contribution in [2.45, 2.75) is 12.5 Å². The van der Waals surface area contributed by atoms with E-state index in [1.165, 1.54) is 0 Å². The molecule has 2 N–H and O–H groups in total. The largest absolute Gasteiger partial charge is 0.322 e. The number of hydrogen-bond donors (Lipinski definition) is 2. The lowest BCUT2D eigenvalue weighted by atomic mass is 10.1. The molecule has 0 bridgehead atoms. The molecule has 0 saturated carbocycles. The molecule has 18 heavy (non-hydrogen) atoms. The number of likely N-dealkylation sites (tertiary alicyclic amines) is 1. The van der Waals surface area contributed by atoms with Crippen LogP contribution in [-0.2, 0) is 0 Å². The van der Waals surface area contributed by atoms with Crippen molar-refractivity contribution in [1.82, 2.24) is 10.2 Å². The summed E-state index contributed by atoms with van der Waals surface area (Å²) in [4.78, 5) is 14.2. The number of halogens is 1. The number of benzene rings is 1. The highest BCUT2D eigenvalue weighted by atomic mass is 35.5. The van der Waals surface area contributed by atoms with E-state index in [1.807, 2.05) is 23.1 Å². The third kappa shape index (κ3) is 2.06. The van der Waals surface area contributed by atoms with Crippen molar-refractivity contribution < 1.29 is 4.79 Å². The number of carbonyl (C=O) groups is 1. The molecule has 96 valence electrons.